The fourth-order valence-corrected chi connectivity index (χ4v) is 3.04. The summed E-state index contributed by atoms with van der Waals surface area (Å²) < 4.78 is 12.8. The molecule has 0 bridgehead atoms. The largest absolute Gasteiger partial charge is 0.448 e. The number of benzene rings is 1. The highest BCUT2D eigenvalue weighted by atomic mass is 79.9. The van der Waals surface area contributed by atoms with Crippen LogP contribution in [0.3, 0.4) is 0 Å². The number of halogens is 1. The number of aromatic amines is 1. The van der Waals surface area contributed by atoms with Crippen molar-refractivity contribution in [2.75, 3.05) is 5.73 Å². The first kappa shape index (κ1) is 11.2. The first-order chi connectivity index (χ1) is 9.17. The summed E-state index contributed by atoms with van der Waals surface area (Å²) in [7, 11) is 0. The standard InChI is InChI=1S/C13H12BrN3O2/c14-9-5-11-10(18-13(19-11)2-1-3-13)4-7(9)8-6-16-17-12(8)15/h4-6H,1-3H2,(H3,15,16,17). The second kappa shape index (κ2) is 3.66. The van der Waals surface area contributed by atoms with E-state index in [0.29, 0.717) is 5.82 Å². The molecular weight excluding hydrogens is 310 g/mol. The second-order valence-electron chi connectivity index (χ2n) is 4.94. The molecule has 98 valence electrons. The van der Waals surface area contributed by atoms with Crippen LogP contribution in [0.25, 0.3) is 11.1 Å². The van der Waals surface area contributed by atoms with Gasteiger partial charge in [-0.3, -0.25) is 5.10 Å². The van der Waals surface area contributed by atoms with Crippen LogP contribution in [-0.4, -0.2) is 16.0 Å². The van der Waals surface area contributed by atoms with Gasteiger partial charge in [-0.05, 0) is 18.6 Å². The number of H-pyrrole nitrogens is 1. The maximum absolute atomic E-state index is 5.95. The zero-order valence-electron chi connectivity index (χ0n) is 10.1. The lowest BCUT2D eigenvalue weighted by atomic mass is 9.91. The van der Waals surface area contributed by atoms with Crippen molar-refractivity contribution in [3.8, 4) is 22.6 Å². The molecule has 6 heteroatoms. The Morgan fingerprint density at radius 3 is 2.53 bits per heavy atom. The van der Waals surface area contributed by atoms with Gasteiger partial charge in [-0.2, -0.15) is 5.10 Å². The van der Waals surface area contributed by atoms with Gasteiger partial charge in [-0.25, -0.2) is 0 Å². The SMILES string of the molecule is Nc1[nH]ncc1-c1cc2c(cc1Br)OC1(CCC1)O2. The van der Waals surface area contributed by atoms with E-state index in [1.54, 1.807) is 6.20 Å². The second-order valence-corrected chi connectivity index (χ2v) is 5.80. The summed E-state index contributed by atoms with van der Waals surface area (Å²) in [6, 6.07) is 3.89. The summed E-state index contributed by atoms with van der Waals surface area (Å²) in [5.74, 6) is 1.69. The number of ether oxygens (including phenoxy) is 2. The molecular formula is C13H12BrN3O2. The lowest BCUT2D eigenvalue weighted by Crippen LogP contribution is -2.45. The maximum Gasteiger partial charge on any atom is 0.251 e. The number of hydrogen-bond donors (Lipinski definition) is 2. The first-order valence-electron chi connectivity index (χ1n) is 6.18. The molecule has 19 heavy (non-hydrogen) atoms. The van der Waals surface area contributed by atoms with Crippen LogP contribution in [0.4, 0.5) is 5.82 Å². The van der Waals surface area contributed by atoms with Crippen LogP contribution >= 0.6 is 15.9 Å². The highest BCUT2D eigenvalue weighted by Gasteiger charge is 2.47. The van der Waals surface area contributed by atoms with Gasteiger partial charge in [0.05, 0.1) is 6.20 Å². The number of rotatable bonds is 1. The molecule has 4 rings (SSSR count). The molecule has 2 aliphatic rings. The van der Waals surface area contributed by atoms with Crippen LogP contribution in [0.5, 0.6) is 11.5 Å². The summed E-state index contributed by atoms with van der Waals surface area (Å²) in [6.45, 7) is 0. The zero-order chi connectivity index (χ0) is 13.0. The van der Waals surface area contributed by atoms with Crippen molar-refractivity contribution < 1.29 is 9.47 Å². The Balaban J connectivity index is 1.80. The Kier molecular flexibility index (Phi) is 2.15. The monoisotopic (exact) mass is 321 g/mol. The third kappa shape index (κ3) is 1.56. The highest BCUT2D eigenvalue weighted by Crippen LogP contribution is 2.51. The molecule has 3 N–H and O–H groups in total. The molecule has 1 saturated carbocycles. The molecule has 1 aliphatic carbocycles. The average molecular weight is 322 g/mol. The van der Waals surface area contributed by atoms with Crippen LogP contribution in [0, 0.1) is 0 Å². The van der Waals surface area contributed by atoms with Crippen molar-refractivity contribution in [1.82, 2.24) is 10.2 Å². The van der Waals surface area contributed by atoms with E-state index in [1.165, 1.54) is 0 Å². The molecule has 2 aromatic rings. The minimum absolute atomic E-state index is 0.414. The summed E-state index contributed by atoms with van der Waals surface area (Å²) >= 11 is 3.55. The molecule has 1 aliphatic heterocycles. The summed E-state index contributed by atoms with van der Waals surface area (Å²) in [4.78, 5) is 0. The van der Waals surface area contributed by atoms with Crippen molar-refractivity contribution in [2.24, 2.45) is 0 Å². The molecule has 1 aromatic heterocycles. The fourth-order valence-electron chi connectivity index (χ4n) is 2.50. The molecule has 1 fully saturated rings. The van der Waals surface area contributed by atoms with Crippen molar-refractivity contribution in [3.63, 3.8) is 0 Å². The van der Waals surface area contributed by atoms with E-state index in [-0.39, 0.29) is 0 Å². The Morgan fingerprint density at radius 2 is 1.95 bits per heavy atom. The van der Waals surface area contributed by atoms with Gasteiger partial charge in [-0.1, -0.05) is 15.9 Å². The van der Waals surface area contributed by atoms with Crippen LogP contribution in [0.15, 0.2) is 22.8 Å². The zero-order valence-corrected chi connectivity index (χ0v) is 11.7. The van der Waals surface area contributed by atoms with E-state index < -0.39 is 5.79 Å². The minimum Gasteiger partial charge on any atom is -0.448 e. The third-order valence-corrected chi connectivity index (χ3v) is 4.36. The summed E-state index contributed by atoms with van der Waals surface area (Å²) in [5.41, 5.74) is 7.67. The van der Waals surface area contributed by atoms with Crippen molar-refractivity contribution >= 4 is 21.7 Å². The van der Waals surface area contributed by atoms with Gasteiger partial charge < -0.3 is 15.2 Å². The van der Waals surface area contributed by atoms with Gasteiger partial charge in [0.2, 0.25) is 0 Å². The first-order valence-corrected chi connectivity index (χ1v) is 6.97. The quantitative estimate of drug-likeness (QED) is 0.846. The predicted octanol–water partition coefficient (Wildman–Crippen LogP) is 3.07. The Morgan fingerprint density at radius 1 is 1.21 bits per heavy atom. The number of nitrogen functional groups attached to an aromatic ring is 1. The van der Waals surface area contributed by atoms with Crippen LogP contribution in [0.1, 0.15) is 19.3 Å². The molecule has 1 aromatic carbocycles. The van der Waals surface area contributed by atoms with E-state index in [1.807, 2.05) is 12.1 Å². The third-order valence-electron chi connectivity index (χ3n) is 3.70. The van der Waals surface area contributed by atoms with Crippen molar-refractivity contribution in [2.45, 2.75) is 25.0 Å². The molecule has 0 radical (unpaired) electrons. The topological polar surface area (TPSA) is 73.2 Å². The summed E-state index contributed by atoms with van der Waals surface area (Å²) in [6.07, 6.45) is 4.75. The summed E-state index contributed by atoms with van der Waals surface area (Å²) in [5, 5.41) is 6.68. The van der Waals surface area contributed by atoms with Crippen LogP contribution in [-0.2, 0) is 0 Å². The minimum atomic E-state index is -0.414. The molecule has 1 spiro atoms. The molecule has 5 nitrogen and oxygen atoms in total. The van der Waals surface area contributed by atoms with Gasteiger partial charge in [-0.15, -0.1) is 0 Å². The van der Waals surface area contributed by atoms with Crippen LogP contribution < -0.4 is 15.2 Å². The Hall–Kier alpha value is -1.69. The predicted molar refractivity (Wildman–Crippen MR) is 74.0 cm³/mol. The van der Waals surface area contributed by atoms with Crippen molar-refractivity contribution in [1.29, 1.82) is 0 Å². The van der Waals surface area contributed by atoms with Gasteiger partial charge in [0, 0.05) is 28.4 Å². The molecule has 0 amide bonds. The molecule has 0 atom stereocenters. The number of fused-ring (bicyclic) bond motifs is 1. The lowest BCUT2D eigenvalue weighted by molar-refractivity contribution is -0.138. The maximum atomic E-state index is 5.95. The molecule has 0 saturated heterocycles. The van der Waals surface area contributed by atoms with Gasteiger partial charge in [0.1, 0.15) is 5.82 Å². The van der Waals surface area contributed by atoms with E-state index in [9.17, 15) is 0 Å². The van der Waals surface area contributed by atoms with Crippen LogP contribution in [0.2, 0.25) is 0 Å². The number of anilines is 1. The normalized spacial score (nSPS) is 18.6. The number of nitrogens with two attached hydrogens (primary N) is 1. The van der Waals surface area contributed by atoms with E-state index in [0.717, 1.165) is 46.4 Å². The number of nitrogens with zero attached hydrogens (tertiary/aromatic N) is 1. The number of hydrogen-bond acceptors (Lipinski definition) is 4. The highest BCUT2D eigenvalue weighted by molar-refractivity contribution is 9.10. The number of nitrogens with one attached hydrogen (secondary N) is 1. The Bertz CT molecular complexity index is 664. The Labute approximate surface area is 118 Å². The smallest absolute Gasteiger partial charge is 0.251 e. The van der Waals surface area contributed by atoms with Gasteiger partial charge in [0.15, 0.2) is 11.5 Å². The van der Waals surface area contributed by atoms with Gasteiger partial charge in [0.25, 0.3) is 5.79 Å². The van der Waals surface area contributed by atoms with Crippen molar-refractivity contribution in [3.05, 3.63) is 22.8 Å². The fraction of sp³-hybridized carbons (Fsp3) is 0.308. The van der Waals surface area contributed by atoms with Gasteiger partial charge >= 0.3 is 0 Å². The molecule has 2 heterocycles. The van der Waals surface area contributed by atoms with E-state index in [2.05, 4.69) is 26.1 Å². The van der Waals surface area contributed by atoms with E-state index >= 15 is 0 Å². The average Bonchev–Trinajstić information content (AvgIpc) is 2.90. The number of aromatic nitrogens is 2. The lowest BCUT2D eigenvalue weighted by Gasteiger charge is -2.35. The molecule has 0 unspecified atom stereocenters. The van der Waals surface area contributed by atoms with E-state index in [4.69, 9.17) is 15.2 Å².